The molecule has 1 fully saturated rings. The van der Waals surface area contributed by atoms with E-state index in [4.69, 9.17) is 0 Å². The van der Waals surface area contributed by atoms with Gasteiger partial charge in [0.1, 0.15) is 5.82 Å². The number of halogens is 2. The van der Waals surface area contributed by atoms with Gasteiger partial charge in [0.15, 0.2) is 0 Å². The van der Waals surface area contributed by atoms with Crippen LogP contribution in [0.4, 0.5) is 8.78 Å². The van der Waals surface area contributed by atoms with Crippen LogP contribution in [0.1, 0.15) is 47.1 Å². The Morgan fingerprint density at radius 2 is 1.67 bits per heavy atom. The lowest BCUT2D eigenvalue weighted by atomic mass is 9.86. The van der Waals surface area contributed by atoms with Gasteiger partial charge in [-0.1, -0.05) is 60.7 Å². The van der Waals surface area contributed by atoms with Gasteiger partial charge in [0, 0.05) is 19.6 Å². The molecular formula is C30H31F2N. The van der Waals surface area contributed by atoms with E-state index in [-0.39, 0.29) is 12.5 Å². The molecule has 0 aromatic heterocycles. The van der Waals surface area contributed by atoms with Crippen LogP contribution in [0.25, 0.3) is 11.1 Å². The van der Waals surface area contributed by atoms with Gasteiger partial charge in [-0.15, -0.1) is 0 Å². The maximum Gasteiger partial charge on any atom is 0.123 e. The number of nitrogens with zero attached hydrogens (tertiary/aromatic N) is 1. The van der Waals surface area contributed by atoms with Gasteiger partial charge in [-0.25, -0.2) is 4.39 Å². The van der Waals surface area contributed by atoms with Crippen molar-refractivity contribution in [1.82, 2.24) is 4.90 Å². The normalized spacial score (nSPS) is 16.9. The maximum absolute atomic E-state index is 14.1. The molecule has 0 N–H and O–H groups in total. The van der Waals surface area contributed by atoms with E-state index in [9.17, 15) is 8.78 Å². The fourth-order valence-electron chi connectivity index (χ4n) is 5.43. The van der Waals surface area contributed by atoms with E-state index in [1.807, 2.05) is 12.1 Å². The Morgan fingerprint density at radius 3 is 2.45 bits per heavy atom. The van der Waals surface area contributed by atoms with Gasteiger partial charge in [0.05, 0.1) is 6.67 Å². The Labute approximate surface area is 195 Å². The zero-order chi connectivity index (χ0) is 22.6. The summed E-state index contributed by atoms with van der Waals surface area (Å²) in [5.74, 6) is 0.476. The second kappa shape index (κ2) is 10.0. The van der Waals surface area contributed by atoms with Gasteiger partial charge in [0.25, 0.3) is 0 Å². The molecule has 0 amide bonds. The van der Waals surface area contributed by atoms with E-state index < -0.39 is 0 Å². The zero-order valence-corrected chi connectivity index (χ0v) is 19.1. The first kappa shape index (κ1) is 22.0. The van der Waals surface area contributed by atoms with Crippen LogP contribution in [0.3, 0.4) is 0 Å². The number of benzene rings is 3. The molecule has 1 aliphatic heterocycles. The highest BCUT2D eigenvalue weighted by Gasteiger charge is 2.26. The van der Waals surface area contributed by atoms with Crippen molar-refractivity contribution in [2.45, 2.75) is 32.1 Å². The minimum atomic E-state index is -0.223. The minimum absolute atomic E-state index is 0.187. The number of fused-ring (bicyclic) bond motifs is 1. The second-order valence-electron chi connectivity index (χ2n) is 9.44. The molecule has 1 heterocycles. The fraction of sp³-hybridized carbons (Fsp3) is 0.333. The quantitative estimate of drug-likeness (QED) is 0.382. The zero-order valence-electron chi connectivity index (χ0n) is 19.1. The SMILES string of the molecule is FCCCN1CC(Cc2ccc(C3=C(c4cccc(F)c4)CCCc4ccccc43)cc2)C1. The Morgan fingerprint density at radius 1 is 0.848 bits per heavy atom. The van der Waals surface area contributed by atoms with Crippen molar-refractivity contribution in [1.29, 1.82) is 0 Å². The standard InChI is InChI=1S/C30H31F2N/c31-16-5-17-33-20-23(21-33)18-22-12-14-25(15-13-22)30-28-10-2-1-6-24(28)7-4-11-29(30)26-8-3-9-27(32)19-26/h1-3,6,8-10,12-15,19,23H,4-5,7,11,16-18,20-21H2. The van der Waals surface area contributed by atoms with Gasteiger partial charge < -0.3 is 4.90 Å². The van der Waals surface area contributed by atoms with Crippen molar-refractivity contribution in [3.63, 3.8) is 0 Å². The molecular weight excluding hydrogens is 412 g/mol. The van der Waals surface area contributed by atoms with Crippen LogP contribution in [0.2, 0.25) is 0 Å². The van der Waals surface area contributed by atoms with E-state index >= 15 is 0 Å². The van der Waals surface area contributed by atoms with Crippen LogP contribution >= 0.6 is 0 Å². The molecule has 2 aliphatic rings. The van der Waals surface area contributed by atoms with Crippen LogP contribution in [0.5, 0.6) is 0 Å². The van der Waals surface area contributed by atoms with Crippen LogP contribution < -0.4 is 0 Å². The lowest BCUT2D eigenvalue weighted by Gasteiger charge is -2.39. The predicted octanol–water partition coefficient (Wildman–Crippen LogP) is 6.96. The van der Waals surface area contributed by atoms with E-state index in [0.717, 1.165) is 50.9 Å². The lowest BCUT2D eigenvalue weighted by molar-refractivity contribution is 0.0968. The molecule has 33 heavy (non-hydrogen) atoms. The van der Waals surface area contributed by atoms with Crippen molar-refractivity contribution >= 4 is 11.1 Å². The Hall–Kier alpha value is -2.78. The van der Waals surface area contributed by atoms with Crippen LogP contribution in [0.15, 0.2) is 72.8 Å². The van der Waals surface area contributed by atoms with Gasteiger partial charge in [-0.3, -0.25) is 4.39 Å². The molecule has 0 spiro atoms. The molecule has 3 heteroatoms. The largest absolute Gasteiger partial charge is 0.303 e. The molecule has 1 aliphatic carbocycles. The highest BCUT2D eigenvalue weighted by Crippen LogP contribution is 2.40. The first-order valence-corrected chi connectivity index (χ1v) is 12.2. The van der Waals surface area contributed by atoms with Crippen molar-refractivity contribution in [2.75, 3.05) is 26.3 Å². The molecule has 1 saturated heterocycles. The summed E-state index contributed by atoms with van der Waals surface area (Å²) in [6, 6.07) is 24.7. The minimum Gasteiger partial charge on any atom is -0.303 e. The Balaban J connectivity index is 1.44. The van der Waals surface area contributed by atoms with Crippen molar-refractivity contribution in [2.24, 2.45) is 5.92 Å². The number of hydrogen-bond acceptors (Lipinski definition) is 1. The smallest absolute Gasteiger partial charge is 0.123 e. The number of rotatable bonds is 7. The lowest BCUT2D eigenvalue weighted by Crippen LogP contribution is -2.47. The number of allylic oxidation sites excluding steroid dienone is 1. The van der Waals surface area contributed by atoms with Crippen molar-refractivity contribution < 1.29 is 8.78 Å². The predicted molar refractivity (Wildman–Crippen MR) is 132 cm³/mol. The first-order chi connectivity index (χ1) is 16.2. The Kier molecular flexibility index (Phi) is 6.68. The third-order valence-corrected chi connectivity index (χ3v) is 7.04. The number of likely N-dealkylation sites (tertiary alicyclic amines) is 1. The molecule has 3 aromatic carbocycles. The molecule has 170 valence electrons. The van der Waals surface area contributed by atoms with Gasteiger partial charge in [0.2, 0.25) is 0 Å². The summed E-state index contributed by atoms with van der Waals surface area (Å²) >= 11 is 0. The van der Waals surface area contributed by atoms with E-state index in [1.54, 1.807) is 6.07 Å². The molecule has 0 radical (unpaired) electrons. The highest BCUT2D eigenvalue weighted by molar-refractivity contribution is 5.99. The molecule has 1 nitrogen and oxygen atoms in total. The third kappa shape index (κ3) is 4.94. The first-order valence-electron chi connectivity index (χ1n) is 12.2. The highest BCUT2D eigenvalue weighted by atomic mass is 19.1. The van der Waals surface area contributed by atoms with Crippen molar-refractivity contribution in [3.05, 3.63) is 106 Å². The van der Waals surface area contributed by atoms with Crippen LogP contribution in [-0.2, 0) is 12.8 Å². The van der Waals surface area contributed by atoms with E-state index in [2.05, 4.69) is 53.4 Å². The summed E-state index contributed by atoms with van der Waals surface area (Å²) in [5.41, 5.74) is 8.63. The summed E-state index contributed by atoms with van der Waals surface area (Å²) in [6.45, 7) is 2.80. The molecule has 0 saturated carbocycles. The number of hydrogen-bond donors (Lipinski definition) is 0. The second-order valence-corrected chi connectivity index (χ2v) is 9.44. The molecule has 0 atom stereocenters. The Bertz CT molecular complexity index is 1130. The summed E-state index contributed by atoms with van der Waals surface area (Å²) in [4.78, 5) is 2.34. The van der Waals surface area contributed by atoms with Gasteiger partial charge >= 0.3 is 0 Å². The summed E-state index contributed by atoms with van der Waals surface area (Å²) < 4.78 is 26.5. The topological polar surface area (TPSA) is 3.24 Å². The molecule has 3 aromatic rings. The number of aryl methyl sites for hydroxylation is 1. The van der Waals surface area contributed by atoms with Crippen LogP contribution in [0, 0.1) is 11.7 Å². The monoisotopic (exact) mass is 443 g/mol. The van der Waals surface area contributed by atoms with Crippen LogP contribution in [-0.4, -0.2) is 31.2 Å². The van der Waals surface area contributed by atoms with Crippen molar-refractivity contribution in [3.8, 4) is 0 Å². The maximum atomic E-state index is 14.1. The fourth-order valence-corrected chi connectivity index (χ4v) is 5.43. The van der Waals surface area contributed by atoms with Gasteiger partial charge in [-0.05, 0) is 89.1 Å². The van der Waals surface area contributed by atoms with Gasteiger partial charge in [-0.2, -0.15) is 0 Å². The third-order valence-electron chi connectivity index (χ3n) is 7.04. The average Bonchev–Trinajstić information content (AvgIpc) is 3.01. The van der Waals surface area contributed by atoms with E-state index in [0.29, 0.717) is 12.3 Å². The molecule has 5 rings (SSSR count). The summed E-state index contributed by atoms with van der Waals surface area (Å²) in [6.07, 6.45) is 4.75. The van der Waals surface area contributed by atoms with E-state index in [1.165, 1.54) is 39.5 Å². The average molecular weight is 444 g/mol. The molecule has 0 bridgehead atoms. The molecule has 0 unspecified atom stereocenters. The number of alkyl halides is 1. The summed E-state index contributed by atoms with van der Waals surface area (Å²) in [5, 5.41) is 0. The summed E-state index contributed by atoms with van der Waals surface area (Å²) in [7, 11) is 0.